The van der Waals surface area contributed by atoms with Gasteiger partial charge in [-0.25, -0.2) is 0 Å². The number of anilines is 1. The quantitative estimate of drug-likeness (QED) is 0.881. The second-order valence-electron chi connectivity index (χ2n) is 4.51. The van der Waals surface area contributed by atoms with E-state index in [4.69, 9.17) is 22.1 Å². The van der Waals surface area contributed by atoms with Crippen LogP contribution in [0.4, 0.5) is 5.69 Å². The van der Waals surface area contributed by atoms with Gasteiger partial charge in [-0.15, -0.1) is 0 Å². The van der Waals surface area contributed by atoms with Gasteiger partial charge in [0.15, 0.2) is 0 Å². The fourth-order valence-corrected chi connectivity index (χ4v) is 1.80. The molecule has 0 spiro atoms. The lowest BCUT2D eigenvalue weighted by Crippen LogP contribution is -2.22. The first-order valence-corrected chi connectivity index (χ1v) is 6.40. The van der Waals surface area contributed by atoms with E-state index in [9.17, 15) is 4.79 Å². The van der Waals surface area contributed by atoms with Gasteiger partial charge in [-0.05, 0) is 36.4 Å². The van der Waals surface area contributed by atoms with Crippen LogP contribution in [-0.2, 0) is 0 Å². The second-order valence-corrected chi connectivity index (χ2v) is 4.95. The van der Waals surface area contributed by atoms with Crippen molar-refractivity contribution in [3.8, 4) is 11.5 Å². The number of carbonyl (C=O) groups is 1. The van der Waals surface area contributed by atoms with Crippen molar-refractivity contribution < 1.29 is 9.53 Å². The third-order valence-electron chi connectivity index (χ3n) is 2.68. The Hall–Kier alpha value is -2.20. The van der Waals surface area contributed by atoms with Crippen molar-refractivity contribution in [1.82, 2.24) is 4.90 Å². The highest BCUT2D eigenvalue weighted by molar-refractivity contribution is 6.30. The van der Waals surface area contributed by atoms with Crippen LogP contribution in [0.25, 0.3) is 0 Å². The first-order valence-electron chi connectivity index (χ1n) is 6.02. The molecular formula is C15H15ClN2O2. The number of amides is 1. The molecule has 5 heteroatoms. The van der Waals surface area contributed by atoms with Crippen LogP contribution in [0.15, 0.2) is 42.5 Å². The average Bonchev–Trinajstić information content (AvgIpc) is 2.41. The number of halogens is 1. The summed E-state index contributed by atoms with van der Waals surface area (Å²) in [6, 6.07) is 11.9. The van der Waals surface area contributed by atoms with Gasteiger partial charge in [0.2, 0.25) is 0 Å². The molecule has 20 heavy (non-hydrogen) atoms. The van der Waals surface area contributed by atoms with Crippen LogP contribution in [0.3, 0.4) is 0 Å². The minimum absolute atomic E-state index is 0.144. The monoisotopic (exact) mass is 290 g/mol. The van der Waals surface area contributed by atoms with Gasteiger partial charge in [0, 0.05) is 30.9 Å². The van der Waals surface area contributed by atoms with E-state index < -0.39 is 0 Å². The van der Waals surface area contributed by atoms with E-state index in [0.717, 1.165) is 0 Å². The highest BCUT2D eigenvalue weighted by atomic mass is 35.5. The van der Waals surface area contributed by atoms with Crippen molar-refractivity contribution in [1.29, 1.82) is 0 Å². The molecule has 2 N–H and O–H groups in total. The maximum absolute atomic E-state index is 12.1. The van der Waals surface area contributed by atoms with Crippen LogP contribution < -0.4 is 10.5 Å². The normalized spacial score (nSPS) is 10.2. The predicted molar refractivity (Wildman–Crippen MR) is 80.4 cm³/mol. The molecule has 2 rings (SSSR count). The number of rotatable bonds is 3. The first-order chi connectivity index (χ1) is 9.47. The maximum Gasteiger partial charge on any atom is 0.257 e. The predicted octanol–water partition coefficient (Wildman–Crippen LogP) is 3.42. The standard InChI is InChI=1S/C15H15ClN2O2/c1-18(2)15(19)13-8-5-11(17)9-14(13)20-12-6-3-10(16)4-7-12/h3-9H,17H2,1-2H3. The maximum atomic E-state index is 12.1. The smallest absolute Gasteiger partial charge is 0.257 e. The molecule has 0 heterocycles. The Bertz CT molecular complexity index is 624. The molecule has 0 fully saturated rings. The second kappa shape index (κ2) is 5.84. The molecule has 0 saturated carbocycles. The van der Waals surface area contributed by atoms with E-state index in [2.05, 4.69) is 0 Å². The van der Waals surface area contributed by atoms with Gasteiger partial charge in [-0.2, -0.15) is 0 Å². The number of nitrogens with zero attached hydrogens (tertiary/aromatic N) is 1. The molecule has 0 aliphatic carbocycles. The highest BCUT2D eigenvalue weighted by Gasteiger charge is 2.15. The summed E-state index contributed by atoms with van der Waals surface area (Å²) in [7, 11) is 3.37. The summed E-state index contributed by atoms with van der Waals surface area (Å²) in [5.41, 5.74) is 6.74. The SMILES string of the molecule is CN(C)C(=O)c1ccc(N)cc1Oc1ccc(Cl)cc1. The molecule has 0 unspecified atom stereocenters. The fourth-order valence-electron chi connectivity index (χ4n) is 1.67. The number of benzene rings is 2. The fraction of sp³-hybridized carbons (Fsp3) is 0.133. The Kier molecular flexibility index (Phi) is 4.15. The Morgan fingerprint density at radius 1 is 1.15 bits per heavy atom. The van der Waals surface area contributed by atoms with E-state index in [0.29, 0.717) is 27.8 Å². The highest BCUT2D eigenvalue weighted by Crippen LogP contribution is 2.29. The minimum Gasteiger partial charge on any atom is -0.456 e. The van der Waals surface area contributed by atoms with E-state index in [1.807, 2.05) is 0 Å². The summed E-state index contributed by atoms with van der Waals surface area (Å²) in [5, 5.41) is 0.620. The zero-order chi connectivity index (χ0) is 14.7. The van der Waals surface area contributed by atoms with Crippen molar-refractivity contribution >= 4 is 23.2 Å². The summed E-state index contributed by atoms with van der Waals surface area (Å²) < 4.78 is 5.73. The number of carbonyl (C=O) groups excluding carboxylic acids is 1. The molecule has 2 aromatic rings. The van der Waals surface area contributed by atoms with E-state index in [-0.39, 0.29) is 5.91 Å². The van der Waals surface area contributed by atoms with Crippen LogP contribution >= 0.6 is 11.6 Å². The molecule has 0 saturated heterocycles. The van der Waals surface area contributed by atoms with Gasteiger partial charge in [0.05, 0.1) is 5.56 Å². The van der Waals surface area contributed by atoms with E-state index >= 15 is 0 Å². The third-order valence-corrected chi connectivity index (χ3v) is 2.94. The molecular weight excluding hydrogens is 276 g/mol. The molecule has 0 aliphatic rings. The molecule has 0 bridgehead atoms. The van der Waals surface area contributed by atoms with Crippen LogP contribution in [0.2, 0.25) is 5.02 Å². The molecule has 2 aromatic carbocycles. The lowest BCUT2D eigenvalue weighted by molar-refractivity contribution is 0.0825. The molecule has 0 atom stereocenters. The average molecular weight is 291 g/mol. The summed E-state index contributed by atoms with van der Waals surface area (Å²) in [4.78, 5) is 13.6. The molecule has 0 radical (unpaired) electrons. The van der Waals surface area contributed by atoms with Gasteiger partial charge in [-0.3, -0.25) is 4.79 Å². The third kappa shape index (κ3) is 3.22. The van der Waals surface area contributed by atoms with Gasteiger partial charge >= 0.3 is 0 Å². The van der Waals surface area contributed by atoms with E-state index in [1.165, 1.54) is 4.90 Å². The summed E-state index contributed by atoms with van der Waals surface area (Å²) in [6.45, 7) is 0. The van der Waals surface area contributed by atoms with Crippen LogP contribution in [0.5, 0.6) is 11.5 Å². The Morgan fingerprint density at radius 3 is 2.40 bits per heavy atom. The Morgan fingerprint density at radius 2 is 1.80 bits per heavy atom. The van der Waals surface area contributed by atoms with Crippen molar-refractivity contribution in [2.45, 2.75) is 0 Å². The molecule has 104 valence electrons. The molecule has 4 nitrogen and oxygen atoms in total. The lowest BCUT2D eigenvalue weighted by atomic mass is 10.1. The van der Waals surface area contributed by atoms with Crippen molar-refractivity contribution in [2.75, 3.05) is 19.8 Å². The Balaban J connectivity index is 2.37. The summed E-state index contributed by atoms with van der Waals surface area (Å²) in [6.07, 6.45) is 0. The van der Waals surface area contributed by atoms with E-state index in [1.54, 1.807) is 56.6 Å². The van der Waals surface area contributed by atoms with Crippen molar-refractivity contribution in [3.63, 3.8) is 0 Å². The first kappa shape index (κ1) is 14.2. The zero-order valence-corrected chi connectivity index (χ0v) is 12.0. The van der Waals surface area contributed by atoms with Crippen LogP contribution in [-0.4, -0.2) is 24.9 Å². The van der Waals surface area contributed by atoms with Crippen molar-refractivity contribution in [2.24, 2.45) is 0 Å². The lowest BCUT2D eigenvalue weighted by Gasteiger charge is -2.15. The number of nitrogen functional groups attached to an aromatic ring is 1. The van der Waals surface area contributed by atoms with Gasteiger partial charge in [0.25, 0.3) is 5.91 Å². The zero-order valence-electron chi connectivity index (χ0n) is 11.3. The van der Waals surface area contributed by atoms with Gasteiger partial charge < -0.3 is 15.4 Å². The molecule has 0 aromatic heterocycles. The number of hydrogen-bond donors (Lipinski definition) is 1. The Labute approximate surface area is 122 Å². The van der Waals surface area contributed by atoms with Crippen LogP contribution in [0, 0.1) is 0 Å². The number of ether oxygens (including phenoxy) is 1. The van der Waals surface area contributed by atoms with Gasteiger partial charge in [-0.1, -0.05) is 11.6 Å². The largest absolute Gasteiger partial charge is 0.456 e. The van der Waals surface area contributed by atoms with Gasteiger partial charge in [0.1, 0.15) is 11.5 Å². The summed E-state index contributed by atoms with van der Waals surface area (Å²) >= 11 is 5.83. The minimum atomic E-state index is -0.144. The molecule has 0 aliphatic heterocycles. The topological polar surface area (TPSA) is 55.6 Å². The van der Waals surface area contributed by atoms with Crippen LogP contribution in [0.1, 0.15) is 10.4 Å². The number of hydrogen-bond acceptors (Lipinski definition) is 3. The summed E-state index contributed by atoms with van der Waals surface area (Å²) in [5.74, 6) is 0.868. The van der Waals surface area contributed by atoms with Crippen molar-refractivity contribution in [3.05, 3.63) is 53.1 Å². The molecule has 1 amide bonds. The number of nitrogens with two attached hydrogens (primary N) is 1.